The molecule has 1 heterocycles. The van der Waals surface area contributed by atoms with E-state index in [0.29, 0.717) is 18.2 Å². The van der Waals surface area contributed by atoms with E-state index >= 15 is 0 Å². The maximum absolute atomic E-state index is 11.6. The molecular weight excluding hydrogens is 270 g/mol. The van der Waals surface area contributed by atoms with Gasteiger partial charge in [-0.15, -0.1) is 0 Å². The minimum absolute atomic E-state index is 0.171. The van der Waals surface area contributed by atoms with Crippen LogP contribution in [0.5, 0.6) is 5.75 Å². The number of imidazole rings is 1. The van der Waals surface area contributed by atoms with E-state index in [2.05, 4.69) is 9.72 Å². The molecule has 0 bridgehead atoms. The third-order valence-corrected chi connectivity index (χ3v) is 3.36. The normalized spacial score (nSPS) is 10.4. The van der Waals surface area contributed by atoms with Crippen LogP contribution in [0.4, 0.5) is 5.82 Å². The summed E-state index contributed by atoms with van der Waals surface area (Å²) in [6, 6.07) is 7.84. The summed E-state index contributed by atoms with van der Waals surface area (Å²) in [6.45, 7) is 2.46. The molecule has 0 aliphatic heterocycles. The number of esters is 1. The predicted molar refractivity (Wildman–Crippen MR) is 79.4 cm³/mol. The first kappa shape index (κ1) is 14.9. The molecule has 0 atom stereocenters. The topological polar surface area (TPSA) is 79.4 Å². The lowest BCUT2D eigenvalue weighted by molar-refractivity contribution is 0.0595. The van der Waals surface area contributed by atoms with E-state index in [-0.39, 0.29) is 5.69 Å². The van der Waals surface area contributed by atoms with E-state index in [1.807, 2.05) is 35.8 Å². The van der Waals surface area contributed by atoms with Crippen molar-refractivity contribution in [2.24, 2.45) is 0 Å². The van der Waals surface area contributed by atoms with Crippen LogP contribution in [-0.4, -0.2) is 29.7 Å². The first-order valence-corrected chi connectivity index (χ1v) is 6.60. The molecule has 2 aromatic rings. The summed E-state index contributed by atoms with van der Waals surface area (Å²) in [5.74, 6) is 1.35. The number of methoxy groups -OCH3 is 2. The molecule has 21 heavy (non-hydrogen) atoms. The van der Waals surface area contributed by atoms with Gasteiger partial charge in [0.25, 0.3) is 0 Å². The van der Waals surface area contributed by atoms with Gasteiger partial charge in [-0.05, 0) is 31.0 Å². The molecule has 2 rings (SSSR count). The Morgan fingerprint density at radius 1 is 1.29 bits per heavy atom. The highest BCUT2D eigenvalue weighted by molar-refractivity contribution is 5.92. The van der Waals surface area contributed by atoms with Gasteiger partial charge in [0.15, 0.2) is 5.69 Å². The number of rotatable bonds is 5. The Hall–Kier alpha value is -2.50. The van der Waals surface area contributed by atoms with E-state index in [1.54, 1.807) is 7.11 Å². The summed E-state index contributed by atoms with van der Waals surface area (Å²) in [5.41, 5.74) is 7.30. The lowest BCUT2D eigenvalue weighted by Crippen LogP contribution is -2.10. The molecule has 0 fully saturated rings. The van der Waals surface area contributed by atoms with E-state index < -0.39 is 5.97 Å². The minimum Gasteiger partial charge on any atom is -0.497 e. The molecule has 0 saturated carbocycles. The van der Waals surface area contributed by atoms with E-state index in [4.69, 9.17) is 10.5 Å². The van der Waals surface area contributed by atoms with Crippen molar-refractivity contribution in [1.82, 2.24) is 9.55 Å². The number of hydrogen-bond acceptors (Lipinski definition) is 5. The molecule has 1 aromatic carbocycles. The number of carbonyl (C=O) groups is 1. The second kappa shape index (κ2) is 6.30. The Labute approximate surface area is 123 Å². The zero-order valence-electron chi connectivity index (χ0n) is 12.4. The van der Waals surface area contributed by atoms with Gasteiger partial charge in [-0.25, -0.2) is 9.78 Å². The predicted octanol–water partition coefficient (Wildman–Crippen LogP) is 1.81. The summed E-state index contributed by atoms with van der Waals surface area (Å²) < 4.78 is 11.6. The number of benzene rings is 1. The molecule has 2 N–H and O–H groups in total. The van der Waals surface area contributed by atoms with Gasteiger partial charge in [0.1, 0.15) is 17.4 Å². The highest BCUT2D eigenvalue weighted by Crippen LogP contribution is 2.17. The molecule has 0 aliphatic rings. The molecule has 0 aliphatic carbocycles. The van der Waals surface area contributed by atoms with Gasteiger partial charge in [0, 0.05) is 6.54 Å². The third kappa shape index (κ3) is 3.16. The Bertz CT molecular complexity index is 632. The van der Waals surface area contributed by atoms with Gasteiger partial charge < -0.3 is 19.8 Å². The second-order valence-corrected chi connectivity index (χ2v) is 4.63. The quantitative estimate of drug-likeness (QED) is 0.849. The van der Waals surface area contributed by atoms with Crippen molar-refractivity contribution in [2.75, 3.05) is 20.0 Å². The summed E-state index contributed by atoms with van der Waals surface area (Å²) in [6.07, 6.45) is 0.784. The van der Waals surface area contributed by atoms with Crippen LogP contribution in [0.15, 0.2) is 24.3 Å². The van der Waals surface area contributed by atoms with Crippen LogP contribution in [0.3, 0.4) is 0 Å². The van der Waals surface area contributed by atoms with Crippen molar-refractivity contribution in [1.29, 1.82) is 0 Å². The van der Waals surface area contributed by atoms with Gasteiger partial charge in [0.2, 0.25) is 0 Å². The molecule has 0 radical (unpaired) electrons. The smallest absolute Gasteiger partial charge is 0.360 e. The summed E-state index contributed by atoms with van der Waals surface area (Å²) in [7, 11) is 2.95. The van der Waals surface area contributed by atoms with Gasteiger partial charge >= 0.3 is 5.97 Å². The molecule has 0 amide bonds. The average Bonchev–Trinajstić information content (AvgIpc) is 2.79. The number of anilines is 1. The highest BCUT2D eigenvalue weighted by Gasteiger charge is 2.18. The molecule has 6 heteroatoms. The standard InChI is InChI=1S/C15H19N3O3/c1-10-17-13(15(19)21-3)14(16)18(10)9-8-11-4-6-12(20-2)7-5-11/h4-7H,8-9,16H2,1-3H3. The number of nitrogens with two attached hydrogens (primary N) is 1. The Kier molecular flexibility index (Phi) is 4.47. The minimum atomic E-state index is -0.515. The monoisotopic (exact) mass is 289 g/mol. The SMILES string of the molecule is COC(=O)c1nc(C)n(CCc2ccc(OC)cc2)c1N. The van der Waals surface area contributed by atoms with Gasteiger partial charge in [-0.2, -0.15) is 0 Å². The number of nitrogen functional groups attached to an aromatic ring is 1. The Morgan fingerprint density at radius 2 is 1.95 bits per heavy atom. The number of hydrogen-bond donors (Lipinski definition) is 1. The fourth-order valence-corrected chi connectivity index (χ4v) is 2.14. The average molecular weight is 289 g/mol. The molecule has 0 saturated heterocycles. The van der Waals surface area contributed by atoms with Gasteiger partial charge in [-0.3, -0.25) is 0 Å². The summed E-state index contributed by atoms with van der Waals surface area (Å²) in [4.78, 5) is 15.7. The summed E-state index contributed by atoms with van der Waals surface area (Å²) >= 11 is 0. The fourth-order valence-electron chi connectivity index (χ4n) is 2.14. The van der Waals surface area contributed by atoms with Gasteiger partial charge in [-0.1, -0.05) is 12.1 Å². The molecule has 1 aromatic heterocycles. The molecule has 0 unspecified atom stereocenters. The van der Waals surface area contributed by atoms with Crippen LogP contribution >= 0.6 is 0 Å². The van der Waals surface area contributed by atoms with Crippen LogP contribution in [0.2, 0.25) is 0 Å². The van der Waals surface area contributed by atoms with Crippen molar-refractivity contribution in [3.05, 3.63) is 41.3 Å². The zero-order chi connectivity index (χ0) is 15.4. The lowest BCUT2D eigenvalue weighted by atomic mass is 10.1. The number of carbonyl (C=O) groups excluding carboxylic acids is 1. The summed E-state index contributed by atoms with van der Waals surface area (Å²) in [5, 5.41) is 0. The van der Waals surface area contributed by atoms with Crippen molar-refractivity contribution >= 4 is 11.8 Å². The van der Waals surface area contributed by atoms with Gasteiger partial charge in [0.05, 0.1) is 14.2 Å². The van der Waals surface area contributed by atoms with E-state index in [0.717, 1.165) is 17.7 Å². The third-order valence-electron chi connectivity index (χ3n) is 3.36. The molecule has 112 valence electrons. The fraction of sp³-hybridized carbons (Fsp3) is 0.333. The van der Waals surface area contributed by atoms with Crippen molar-refractivity contribution in [2.45, 2.75) is 19.9 Å². The van der Waals surface area contributed by atoms with Crippen LogP contribution in [0.25, 0.3) is 0 Å². The first-order valence-electron chi connectivity index (χ1n) is 6.60. The van der Waals surface area contributed by atoms with E-state index in [9.17, 15) is 4.79 Å². The number of aryl methyl sites for hydroxylation is 2. The molecular formula is C15H19N3O3. The highest BCUT2D eigenvalue weighted by atomic mass is 16.5. The van der Waals surface area contributed by atoms with E-state index in [1.165, 1.54) is 7.11 Å². The van der Waals surface area contributed by atoms with Crippen molar-refractivity contribution in [3.63, 3.8) is 0 Å². The van der Waals surface area contributed by atoms with Crippen LogP contribution in [0.1, 0.15) is 21.9 Å². The maximum atomic E-state index is 11.6. The van der Waals surface area contributed by atoms with Crippen molar-refractivity contribution in [3.8, 4) is 5.75 Å². The number of ether oxygens (including phenoxy) is 2. The Balaban J connectivity index is 2.12. The van der Waals surface area contributed by atoms with Crippen LogP contribution in [-0.2, 0) is 17.7 Å². The molecule has 6 nitrogen and oxygen atoms in total. The maximum Gasteiger partial charge on any atom is 0.360 e. The second-order valence-electron chi connectivity index (χ2n) is 4.63. The van der Waals surface area contributed by atoms with Crippen molar-refractivity contribution < 1.29 is 14.3 Å². The zero-order valence-corrected chi connectivity index (χ0v) is 12.4. The molecule has 0 spiro atoms. The van der Waals surface area contributed by atoms with Crippen LogP contribution < -0.4 is 10.5 Å². The lowest BCUT2D eigenvalue weighted by Gasteiger charge is -2.08. The largest absolute Gasteiger partial charge is 0.497 e. The number of aromatic nitrogens is 2. The number of nitrogens with zero attached hydrogens (tertiary/aromatic N) is 2. The Morgan fingerprint density at radius 3 is 2.52 bits per heavy atom. The van der Waals surface area contributed by atoms with Crippen LogP contribution in [0, 0.1) is 6.92 Å². The first-order chi connectivity index (χ1) is 10.1.